The number of amides is 2. The number of carbonyl (C=O) groups is 3. The standard InChI is InChI=1S/C18H17NO4/c20-16-14-11-6-7-12(9-11)15(14)17(21)19(16)13(18(22)23)8-10-4-2-1-3-5-10/h1-7,11-15H,8-9H2,(H,22,23)/t11-,12-,13+,14-,15+/m1/s1. The highest BCUT2D eigenvalue weighted by atomic mass is 16.4. The highest BCUT2D eigenvalue weighted by Crippen LogP contribution is 2.52. The fourth-order valence-corrected chi connectivity index (χ4v) is 4.36. The summed E-state index contributed by atoms with van der Waals surface area (Å²) in [5.41, 5.74) is 0.804. The number of hydrogen-bond donors (Lipinski definition) is 1. The molecule has 1 saturated carbocycles. The molecule has 2 fully saturated rings. The second-order valence-electron chi connectivity index (χ2n) is 6.59. The molecule has 1 aliphatic heterocycles. The maximum atomic E-state index is 12.7. The zero-order valence-electron chi connectivity index (χ0n) is 12.5. The monoisotopic (exact) mass is 311 g/mol. The number of carboxylic acids is 1. The molecular formula is C18H17NO4. The van der Waals surface area contributed by atoms with Gasteiger partial charge in [0.1, 0.15) is 6.04 Å². The van der Waals surface area contributed by atoms with Gasteiger partial charge in [0.05, 0.1) is 11.8 Å². The molecule has 1 N–H and O–H groups in total. The van der Waals surface area contributed by atoms with Gasteiger partial charge in [-0.1, -0.05) is 42.5 Å². The van der Waals surface area contributed by atoms with Crippen LogP contribution in [-0.4, -0.2) is 33.8 Å². The molecule has 23 heavy (non-hydrogen) atoms. The van der Waals surface area contributed by atoms with Crippen LogP contribution in [0, 0.1) is 23.7 Å². The normalized spacial score (nSPS) is 32.4. The van der Waals surface area contributed by atoms with Crippen LogP contribution in [0.15, 0.2) is 42.5 Å². The van der Waals surface area contributed by atoms with Crippen LogP contribution in [0.25, 0.3) is 0 Å². The number of rotatable bonds is 4. The van der Waals surface area contributed by atoms with Crippen LogP contribution < -0.4 is 0 Å². The van der Waals surface area contributed by atoms with Gasteiger partial charge in [-0.15, -0.1) is 0 Å². The number of fused-ring (bicyclic) bond motifs is 5. The second kappa shape index (κ2) is 5.05. The Morgan fingerprint density at radius 2 is 1.65 bits per heavy atom. The van der Waals surface area contributed by atoms with Crippen molar-refractivity contribution in [3.63, 3.8) is 0 Å². The maximum Gasteiger partial charge on any atom is 0.327 e. The zero-order chi connectivity index (χ0) is 16.1. The van der Waals surface area contributed by atoms with Crippen molar-refractivity contribution < 1.29 is 19.5 Å². The lowest BCUT2D eigenvalue weighted by Crippen LogP contribution is -2.47. The first-order valence-corrected chi connectivity index (χ1v) is 7.90. The van der Waals surface area contributed by atoms with Gasteiger partial charge in [0, 0.05) is 6.42 Å². The predicted octanol–water partition coefficient (Wildman–Crippen LogP) is 1.49. The Morgan fingerprint density at radius 1 is 1.09 bits per heavy atom. The van der Waals surface area contributed by atoms with E-state index in [1.807, 2.05) is 42.5 Å². The Balaban J connectivity index is 1.64. The molecule has 118 valence electrons. The van der Waals surface area contributed by atoms with Crippen molar-refractivity contribution >= 4 is 17.8 Å². The van der Waals surface area contributed by atoms with Crippen LogP contribution in [0.4, 0.5) is 0 Å². The summed E-state index contributed by atoms with van der Waals surface area (Å²) in [7, 11) is 0. The summed E-state index contributed by atoms with van der Waals surface area (Å²) >= 11 is 0. The van der Waals surface area contributed by atoms with Crippen LogP contribution in [-0.2, 0) is 20.8 Å². The number of allylic oxidation sites excluding steroid dienone is 2. The molecule has 3 aliphatic rings. The molecule has 1 aromatic rings. The molecular weight excluding hydrogens is 294 g/mol. The Bertz CT molecular complexity index is 681. The van der Waals surface area contributed by atoms with Gasteiger partial charge < -0.3 is 5.11 Å². The highest BCUT2D eigenvalue weighted by molar-refractivity contribution is 6.08. The number of aliphatic carboxylic acids is 1. The smallest absolute Gasteiger partial charge is 0.327 e. The van der Waals surface area contributed by atoms with Gasteiger partial charge in [-0.25, -0.2) is 4.79 Å². The highest BCUT2D eigenvalue weighted by Gasteiger charge is 2.61. The van der Waals surface area contributed by atoms with Gasteiger partial charge in [-0.2, -0.15) is 0 Å². The molecule has 2 aliphatic carbocycles. The SMILES string of the molecule is O=C(O)[C@H](Cc1ccccc1)N1C(=O)[C@@H]2[C@H](C1=O)[C@@H]1C=C[C@@H]2C1. The third kappa shape index (κ3) is 2.03. The topological polar surface area (TPSA) is 74.7 Å². The third-order valence-corrected chi connectivity index (χ3v) is 5.37. The van der Waals surface area contributed by atoms with Gasteiger partial charge in [0.25, 0.3) is 0 Å². The molecule has 5 atom stereocenters. The number of carbonyl (C=O) groups excluding carboxylic acids is 2. The summed E-state index contributed by atoms with van der Waals surface area (Å²) < 4.78 is 0. The third-order valence-electron chi connectivity index (χ3n) is 5.37. The van der Waals surface area contributed by atoms with E-state index in [1.165, 1.54) is 0 Å². The van der Waals surface area contributed by atoms with Crippen molar-refractivity contribution in [2.75, 3.05) is 0 Å². The van der Waals surface area contributed by atoms with Crippen LogP contribution in [0.3, 0.4) is 0 Å². The molecule has 0 aromatic heterocycles. The first kappa shape index (κ1) is 14.2. The minimum atomic E-state index is -1.13. The number of benzene rings is 1. The fourth-order valence-electron chi connectivity index (χ4n) is 4.36. The summed E-state index contributed by atoms with van der Waals surface area (Å²) in [6.07, 6.45) is 5.01. The maximum absolute atomic E-state index is 12.7. The Morgan fingerprint density at radius 3 is 2.17 bits per heavy atom. The predicted molar refractivity (Wildman–Crippen MR) is 81.1 cm³/mol. The molecule has 1 saturated heterocycles. The van der Waals surface area contributed by atoms with Crippen molar-refractivity contribution in [3.05, 3.63) is 48.0 Å². The molecule has 4 rings (SSSR count). The Hall–Kier alpha value is -2.43. The first-order valence-electron chi connectivity index (χ1n) is 7.90. The molecule has 5 nitrogen and oxygen atoms in total. The van der Waals surface area contributed by atoms with Crippen LogP contribution in [0.5, 0.6) is 0 Å². The van der Waals surface area contributed by atoms with Gasteiger partial charge in [-0.3, -0.25) is 14.5 Å². The van der Waals surface area contributed by atoms with E-state index in [-0.39, 0.29) is 41.9 Å². The number of hydrogen-bond acceptors (Lipinski definition) is 3. The molecule has 1 heterocycles. The molecule has 0 radical (unpaired) electrons. The zero-order valence-corrected chi connectivity index (χ0v) is 12.5. The van der Waals surface area contributed by atoms with Gasteiger partial charge >= 0.3 is 5.97 Å². The quantitative estimate of drug-likeness (QED) is 0.675. The molecule has 0 spiro atoms. The van der Waals surface area contributed by atoms with Crippen molar-refractivity contribution in [2.24, 2.45) is 23.7 Å². The molecule has 2 bridgehead atoms. The minimum absolute atomic E-state index is 0.0950. The van der Waals surface area contributed by atoms with E-state index in [2.05, 4.69) is 0 Å². The van der Waals surface area contributed by atoms with Crippen LogP contribution in [0.2, 0.25) is 0 Å². The minimum Gasteiger partial charge on any atom is -0.480 e. The summed E-state index contributed by atoms with van der Waals surface area (Å²) in [5, 5.41) is 9.58. The Labute approximate surface area is 133 Å². The first-order chi connectivity index (χ1) is 11.1. The Kier molecular flexibility index (Phi) is 3.11. The number of imide groups is 1. The van der Waals surface area contributed by atoms with Crippen molar-refractivity contribution in [1.29, 1.82) is 0 Å². The molecule has 2 amide bonds. The van der Waals surface area contributed by atoms with E-state index in [1.54, 1.807) is 0 Å². The average molecular weight is 311 g/mol. The summed E-state index contributed by atoms with van der Waals surface area (Å²) in [6, 6.07) is 7.99. The van der Waals surface area contributed by atoms with E-state index < -0.39 is 12.0 Å². The summed E-state index contributed by atoms with van der Waals surface area (Å²) in [4.78, 5) is 38.2. The fraction of sp³-hybridized carbons (Fsp3) is 0.389. The lowest BCUT2D eigenvalue weighted by molar-refractivity contribution is -0.155. The average Bonchev–Trinajstić information content (AvgIpc) is 3.21. The van der Waals surface area contributed by atoms with Crippen LogP contribution >= 0.6 is 0 Å². The number of carboxylic acid groups (broad SMARTS) is 1. The lowest BCUT2D eigenvalue weighted by atomic mass is 9.85. The number of nitrogens with zero attached hydrogens (tertiary/aromatic N) is 1. The van der Waals surface area contributed by atoms with Gasteiger partial charge in [0.15, 0.2) is 0 Å². The van der Waals surface area contributed by atoms with Crippen molar-refractivity contribution in [2.45, 2.75) is 18.9 Å². The van der Waals surface area contributed by atoms with Crippen LogP contribution in [0.1, 0.15) is 12.0 Å². The summed E-state index contributed by atoms with van der Waals surface area (Å²) in [6.45, 7) is 0. The van der Waals surface area contributed by atoms with E-state index in [9.17, 15) is 19.5 Å². The van der Waals surface area contributed by atoms with E-state index in [0.717, 1.165) is 16.9 Å². The van der Waals surface area contributed by atoms with Crippen molar-refractivity contribution in [1.82, 2.24) is 4.90 Å². The largest absolute Gasteiger partial charge is 0.480 e. The van der Waals surface area contributed by atoms with Gasteiger partial charge in [0.2, 0.25) is 11.8 Å². The van der Waals surface area contributed by atoms with E-state index in [0.29, 0.717) is 0 Å². The van der Waals surface area contributed by atoms with E-state index >= 15 is 0 Å². The number of likely N-dealkylation sites (tertiary alicyclic amines) is 1. The molecule has 0 unspecified atom stereocenters. The molecule has 1 aromatic carbocycles. The second-order valence-corrected chi connectivity index (χ2v) is 6.59. The van der Waals surface area contributed by atoms with Gasteiger partial charge in [-0.05, 0) is 23.8 Å². The van der Waals surface area contributed by atoms with E-state index in [4.69, 9.17) is 0 Å². The van der Waals surface area contributed by atoms with Crippen molar-refractivity contribution in [3.8, 4) is 0 Å². The lowest BCUT2D eigenvalue weighted by Gasteiger charge is -2.24. The molecule has 5 heteroatoms. The summed E-state index contributed by atoms with van der Waals surface area (Å²) in [5.74, 6) is -2.25.